The first-order valence-corrected chi connectivity index (χ1v) is 7.88. The minimum Gasteiger partial charge on any atom is -0.493 e. The molecule has 0 aliphatic carbocycles. The van der Waals surface area contributed by atoms with Crippen LogP contribution in [0.3, 0.4) is 0 Å². The Kier molecular flexibility index (Phi) is 4.52. The molecular formula is C13H20N2O4S. The number of piperazine rings is 1. The third-order valence-electron chi connectivity index (χ3n) is 3.32. The molecule has 1 N–H and O–H groups in total. The molecule has 7 heteroatoms. The summed E-state index contributed by atoms with van der Waals surface area (Å²) < 4.78 is 37.0. The van der Waals surface area contributed by atoms with Gasteiger partial charge in [-0.1, -0.05) is 0 Å². The number of rotatable bonds is 4. The lowest BCUT2D eigenvalue weighted by atomic mass is 10.3. The van der Waals surface area contributed by atoms with Crippen LogP contribution in [0, 0.1) is 0 Å². The lowest BCUT2D eigenvalue weighted by Gasteiger charge is -2.31. The van der Waals surface area contributed by atoms with Gasteiger partial charge in [-0.15, -0.1) is 0 Å². The maximum Gasteiger partial charge on any atom is 0.243 e. The van der Waals surface area contributed by atoms with E-state index in [4.69, 9.17) is 9.47 Å². The fourth-order valence-electron chi connectivity index (χ4n) is 2.24. The lowest BCUT2D eigenvalue weighted by molar-refractivity contribution is 0.310. The van der Waals surface area contributed by atoms with Crippen molar-refractivity contribution in [1.29, 1.82) is 0 Å². The molecular weight excluding hydrogens is 280 g/mol. The second-order valence-corrected chi connectivity index (χ2v) is 6.67. The van der Waals surface area contributed by atoms with E-state index in [1.165, 1.54) is 24.6 Å². The third kappa shape index (κ3) is 2.89. The van der Waals surface area contributed by atoms with E-state index in [1.807, 2.05) is 6.92 Å². The average molecular weight is 300 g/mol. The molecule has 1 aromatic carbocycles. The highest BCUT2D eigenvalue weighted by Gasteiger charge is 2.29. The van der Waals surface area contributed by atoms with Crippen LogP contribution < -0.4 is 14.8 Å². The molecule has 1 aliphatic heterocycles. The van der Waals surface area contributed by atoms with E-state index in [9.17, 15) is 8.42 Å². The molecule has 0 amide bonds. The van der Waals surface area contributed by atoms with Gasteiger partial charge in [0.2, 0.25) is 10.0 Å². The summed E-state index contributed by atoms with van der Waals surface area (Å²) >= 11 is 0. The van der Waals surface area contributed by atoms with Crippen molar-refractivity contribution in [1.82, 2.24) is 9.62 Å². The number of hydrogen-bond acceptors (Lipinski definition) is 5. The van der Waals surface area contributed by atoms with Crippen molar-refractivity contribution in [3.63, 3.8) is 0 Å². The van der Waals surface area contributed by atoms with E-state index < -0.39 is 10.0 Å². The van der Waals surface area contributed by atoms with Crippen molar-refractivity contribution < 1.29 is 17.9 Å². The van der Waals surface area contributed by atoms with Gasteiger partial charge in [0.15, 0.2) is 11.5 Å². The van der Waals surface area contributed by atoms with Crippen LogP contribution in [0.5, 0.6) is 11.5 Å². The largest absolute Gasteiger partial charge is 0.493 e. The van der Waals surface area contributed by atoms with Gasteiger partial charge in [-0.25, -0.2) is 8.42 Å². The maximum absolute atomic E-state index is 12.6. The summed E-state index contributed by atoms with van der Waals surface area (Å²) in [6, 6.07) is 4.81. The summed E-state index contributed by atoms with van der Waals surface area (Å²) in [6.07, 6.45) is 0. The molecule has 6 nitrogen and oxygen atoms in total. The molecule has 2 rings (SSSR count). The highest BCUT2D eigenvalue weighted by Crippen LogP contribution is 2.30. The summed E-state index contributed by atoms with van der Waals surface area (Å²) in [4.78, 5) is 0.226. The van der Waals surface area contributed by atoms with Crippen LogP contribution in [0.1, 0.15) is 6.92 Å². The van der Waals surface area contributed by atoms with Crippen LogP contribution >= 0.6 is 0 Å². The third-order valence-corrected chi connectivity index (χ3v) is 5.19. The van der Waals surface area contributed by atoms with Crippen LogP contribution in [0.4, 0.5) is 0 Å². The summed E-state index contributed by atoms with van der Waals surface area (Å²) in [5, 5.41) is 3.23. The highest BCUT2D eigenvalue weighted by atomic mass is 32.2. The van der Waals surface area contributed by atoms with Crippen molar-refractivity contribution in [3.05, 3.63) is 18.2 Å². The number of nitrogens with zero attached hydrogens (tertiary/aromatic N) is 1. The van der Waals surface area contributed by atoms with Crippen LogP contribution in [0.25, 0.3) is 0 Å². The molecule has 1 heterocycles. The van der Waals surface area contributed by atoms with Gasteiger partial charge < -0.3 is 14.8 Å². The highest BCUT2D eigenvalue weighted by molar-refractivity contribution is 7.89. The molecule has 1 aliphatic rings. The molecule has 1 unspecified atom stereocenters. The summed E-state index contributed by atoms with van der Waals surface area (Å²) in [7, 11) is -0.490. The Labute approximate surface area is 119 Å². The lowest BCUT2D eigenvalue weighted by Crippen LogP contribution is -2.51. The van der Waals surface area contributed by atoms with E-state index in [2.05, 4.69) is 5.32 Å². The van der Waals surface area contributed by atoms with Crippen LogP contribution in [-0.4, -0.2) is 52.6 Å². The van der Waals surface area contributed by atoms with Gasteiger partial charge >= 0.3 is 0 Å². The van der Waals surface area contributed by atoms with Crippen molar-refractivity contribution in [2.45, 2.75) is 17.9 Å². The van der Waals surface area contributed by atoms with Gasteiger partial charge in [0, 0.05) is 31.7 Å². The molecule has 112 valence electrons. The number of sulfonamides is 1. The van der Waals surface area contributed by atoms with E-state index in [1.54, 1.807) is 12.1 Å². The van der Waals surface area contributed by atoms with Gasteiger partial charge in [0.25, 0.3) is 0 Å². The summed E-state index contributed by atoms with van der Waals surface area (Å²) in [6.45, 7) is 3.57. The molecule has 1 saturated heterocycles. The van der Waals surface area contributed by atoms with Gasteiger partial charge in [-0.2, -0.15) is 4.31 Å². The fraction of sp³-hybridized carbons (Fsp3) is 0.538. The van der Waals surface area contributed by atoms with Crippen molar-refractivity contribution >= 4 is 10.0 Å². The van der Waals surface area contributed by atoms with Gasteiger partial charge in [-0.05, 0) is 19.1 Å². The predicted octanol–water partition coefficient (Wildman–Crippen LogP) is 0.686. The molecule has 0 radical (unpaired) electrons. The second-order valence-electron chi connectivity index (χ2n) is 4.74. The summed E-state index contributed by atoms with van der Waals surface area (Å²) in [5.41, 5.74) is 0. The standard InChI is InChI=1S/C13H20N2O4S/c1-10-9-15(7-6-14-10)20(16,17)11-4-5-12(18-2)13(8-11)19-3/h4-5,8,10,14H,6-7,9H2,1-3H3. The number of nitrogens with one attached hydrogen (secondary N) is 1. The molecule has 0 spiro atoms. The van der Waals surface area contributed by atoms with Crippen molar-refractivity contribution in [3.8, 4) is 11.5 Å². The number of benzene rings is 1. The molecule has 20 heavy (non-hydrogen) atoms. The second kappa shape index (κ2) is 5.99. The average Bonchev–Trinajstić information content (AvgIpc) is 2.46. The Bertz CT molecular complexity index is 574. The SMILES string of the molecule is COc1ccc(S(=O)(=O)N2CCNC(C)C2)cc1OC. The first-order chi connectivity index (χ1) is 9.48. The monoisotopic (exact) mass is 300 g/mol. The molecule has 1 aromatic rings. The van der Waals surface area contributed by atoms with Gasteiger partial charge in [0.1, 0.15) is 0 Å². The number of ether oxygens (including phenoxy) is 2. The quantitative estimate of drug-likeness (QED) is 0.886. The molecule has 1 fully saturated rings. The van der Waals surface area contributed by atoms with Crippen LogP contribution in [0.15, 0.2) is 23.1 Å². The van der Waals surface area contributed by atoms with Crippen LogP contribution in [0.2, 0.25) is 0 Å². The minimum atomic E-state index is -3.49. The Morgan fingerprint density at radius 1 is 1.25 bits per heavy atom. The molecule has 0 aromatic heterocycles. The van der Waals surface area contributed by atoms with Crippen LogP contribution in [-0.2, 0) is 10.0 Å². The summed E-state index contributed by atoms with van der Waals surface area (Å²) in [5.74, 6) is 0.928. The predicted molar refractivity (Wildman–Crippen MR) is 75.8 cm³/mol. The minimum absolute atomic E-state index is 0.152. The Balaban J connectivity index is 2.34. The topological polar surface area (TPSA) is 67.9 Å². The van der Waals surface area contributed by atoms with Crippen molar-refractivity contribution in [2.75, 3.05) is 33.9 Å². The zero-order valence-electron chi connectivity index (χ0n) is 11.9. The van der Waals surface area contributed by atoms with Crippen molar-refractivity contribution in [2.24, 2.45) is 0 Å². The normalized spacial score (nSPS) is 20.6. The molecule has 0 bridgehead atoms. The van der Waals surface area contributed by atoms with Gasteiger partial charge in [-0.3, -0.25) is 0 Å². The Morgan fingerprint density at radius 3 is 2.55 bits per heavy atom. The maximum atomic E-state index is 12.6. The van der Waals surface area contributed by atoms with Gasteiger partial charge in [0.05, 0.1) is 19.1 Å². The fourth-order valence-corrected chi connectivity index (χ4v) is 3.79. The zero-order valence-corrected chi connectivity index (χ0v) is 12.7. The Hall–Kier alpha value is -1.31. The van der Waals surface area contributed by atoms with E-state index in [0.29, 0.717) is 31.1 Å². The van der Waals surface area contributed by atoms with E-state index in [-0.39, 0.29) is 10.9 Å². The number of methoxy groups -OCH3 is 2. The first-order valence-electron chi connectivity index (χ1n) is 6.44. The smallest absolute Gasteiger partial charge is 0.243 e. The Morgan fingerprint density at radius 2 is 1.95 bits per heavy atom. The van der Waals surface area contributed by atoms with E-state index in [0.717, 1.165) is 0 Å². The zero-order chi connectivity index (χ0) is 14.8. The van der Waals surface area contributed by atoms with E-state index >= 15 is 0 Å². The number of hydrogen-bond donors (Lipinski definition) is 1. The molecule has 1 atom stereocenters. The first kappa shape index (κ1) is 15.1. The molecule has 0 saturated carbocycles.